The molecule has 0 bridgehead atoms. The van der Waals surface area contributed by atoms with Gasteiger partial charge in [0, 0.05) is 18.0 Å². The molecule has 0 aliphatic rings. The van der Waals surface area contributed by atoms with E-state index in [9.17, 15) is 0 Å². The van der Waals surface area contributed by atoms with Gasteiger partial charge in [-0.05, 0) is 18.2 Å². The Labute approximate surface area is 96.0 Å². The summed E-state index contributed by atoms with van der Waals surface area (Å²) >= 11 is 0. The Morgan fingerprint density at radius 1 is 1.12 bits per heavy atom. The van der Waals surface area contributed by atoms with Crippen LogP contribution in [0.5, 0.6) is 0 Å². The molecule has 0 spiro atoms. The van der Waals surface area contributed by atoms with Gasteiger partial charge in [-0.15, -0.1) is 0 Å². The molecule has 0 amide bonds. The van der Waals surface area contributed by atoms with Gasteiger partial charge in [0.1, 0.15) is 6.61 Å². The molecule has 1 N–H and O–H groups in total. The number of hydrogen-bond donors (Lipinski definition) is 1. The predicted molar refractivity (Wildman–Crippen MR) is 58.8 cm³/mol. The third kappa shape index (κ3) is 1.74. The quantitative estimate of drug-likeness (QED) is 0.708. The predicted octanol–water partition coefficient (Wildman–Crippen LogP) is 1.17. The summed E-state index contributed by atoms with van der Waals surface area (Å²) in [5.41, 5.74) is 2.35. The van der Waals surface area contributed by atoms with E-state index in [0.717, 1.165) is 16.6 Å². The van der Waals surface area contributed by atoms with Crippen molar-refractivity contribution in [2.75, 3.05) is 0 Å². The Kier molecular flexibility index (Phi) is 2.27. The minimum absolute atomic E-state index is 0.194. The Morgan fingerprint density at radius 3 is 2.71 bits per heavy atom. The number of benzene rings is 1. The minimum atomic E-state index is -0.264. The number of aliphatic hydroxyl groups is 1. The van der Waals surface area contributed by atoms with E-state index in [2.05, 4.69) is 20.1 Å². The van der Waals surface area contributed by atoms with Crippen molar-refractivity contribution in [2.45, 2.75) is 6.61 Å². The van der Waals surface area contributed by atoms with Crippen LogP contribution in [0.1, 0.15) is 5.89 Å². The first-order valence-electron chi connectivity index (χ1n) is 5.01. The van der Waals surface area contributed by atoms with Crippen LogP contribution < -0.4 is 0 Å². The van der Waals surface area contributed by atoms with Gasteiger partial charge < -0.3 is 9.63 Å². The highest BCUT2D eigenvalue weighted by atomic mass is 16.5. The first-order valence-corrected chi connectivity index (χ1v) is 5.01. The van der Waals surface area contributed by atoms with E-state index in [1.54, 1.807) is 12.4 Å². The maximum atomic E-state index is 8.85. The number of fused-ring (bicyclic) bond motifs is 1. The fourth-order valence-corrected chi connectivity index (χ4v) is 1.54. The lowest BCUT2D eigenvalue weighted by Crippen LogP contribution is -1.86. The van der Waals surface area contributed by atoms with Crippen LogP contribution in [0.25, 0.3) is 22.4 Å². The fourth-order valence-electron chi connectivity index (χ4n) is 1.54. The van der Waals surface area contributed by atoms with Crippen LogP contribution in [0.15, 0.2) is 35.1 Å². The van der Waals surface area contributed by atoms with Gasteiger partial charge in [-0.3, -0.25) is 9.97 Å². The Bertz CT molecular complexity index is 665. The lowest BCUT2D eigenvalue weighted by molar-refractivity contribution is 0.222. The average Bonchev–Trinajstić information content (AvgIpc) is 2.87. The van der Waals surface area contributed by atoms with Crippen LogP contribution in [0, 0.1) is 0 Å². The molecule has 3 aromatic rings. The molecule has 0 unspecified atom stereocenters. The van der Waals surface area contributed by atoms with Gasteiger partial charge in [-0.1, -0.05) is 5.16 Å². The fraction of sp³-hybridized carbons (Fsp3) is 0.0909. The van der Waals surface area contributed by atoms with Crippen molar-refractivity contribution in [3.05, 3.63) is 36.5 Å². The van der Waals surface area contributed by atoms with Crippen molar-refractivity contribution >= 4 is 11.0 Å². The van der Waals surface area contributed by atoms with E-state index in [-0.39, 0.29) is 12.5 Å². The summed E-state index contributed by atoms with van der Waals surface area (Å²) in [5.74, 6) is 0.626. The molecule has 0 fully saturated rings. The molecule has 0 aliphatic heterocycles. The topological polar surface area (TPSA) is 84.9 Å². The molecular formula is C11H8N4O2. The third-order valence-corrected chi connectivity index (χ3v) is 2.33. The zero-order chi connectivity index (χ0) is 11.7. The van der Waals surface area contributed by atoms with Crippen LogP contribution in [0.3, 0.4) is 0 Å². The van der Waals surface area contributed by atoms with Crippen LogP contribution in [0.2, 0.25) is 0 Å². The first-order chi connectivity index (χ1) is 8.36. The second kappa shape index (κ2) is 3.91. The molecular weight excluding hydrogens is 220 g/mol. The Hall–Kier alpha value is -2.34. The molecule has 0 atom stereocenters. The smallest absolute Gasteiger partial charge is 0.252 e. The summed E-state index contributed by atoms with van der Waals surface area (Å²) in [5, 5.41) is 12.6. The van der Waals surface area contributed by atoms with E-state index in [4.69, 9.17) is 9.63 Å². The molecule has 2 aromatic heterocycles. The van der Waals surface area contributed by atoms with Crippen LogP contribution in [-0.2, 0) is 6.61 Å². The highest BCUT2D eigenvalue weighted by Crippen LogP contribution is 2.19. The van der Waals surface area contributed by atoms with Crippen LogP contribution in [-0.4, -0.2) is 25.2 Å². The number of aromatic nitrogens is 4. The summed E-state index contributed by atoms with van der Waals surface area (Å²) in [6, 6.07) is 5.50. The number of aliphatic hydroxyl groups excluding tert-OH is 1. The summed E-state index contributed by atoms with van der Waals surface area (Å²) in [4.78, 5) is 12.4. The number of hydrogen-bond acceptors (Lipinski definition) is 6. The zero-order valence-corrected chi connectivity index (χ0v) is 8.74. The molecule has 0 radical (unpaired) electrons. The standard InChI is InChI=1S/C11H8N4O2/c16-6-10-14-11(15-17-10)7-1-2-8-9(5-7)13-4-3-12-8/h1-5,16H,6H2. The monoisotopic (exact) mass is 228 g/mol. The summed E-state index contributed by atoms with van der Waals surface area (Å²) < 4.78 is 4.83. The van der Waals surface area contributed by atoms with Gasteiger partial charge in [0.15, 0.2) is 0 Å². The molecule has 3 rings (SSSR count). The lowest BCUT2D eigenvalue weighted by atomic mass is 10.2. The molecule has 0 aliphatic carbocycles. The largest absolute Gasteiger partial charge is 0.387 e. The van der Waals surface area contributed by atoms with Gasteiger partial charge in [0.2, 0.25) is 5.82 Å². The van der Waals surface area contributed by atoms with Crippen molar-refractivity contribution < 1.29 is 9.63 Å². The van der Waals surface area contributed by atoms with Crippen molar-refractivity contribution in [3.63, 3.8) is 0 Å². The minimum Gasteiger partial charge on any atom is -0.387 e. The normalized spacial score (nSPS) is 10.9. The molecule has 2 heterocycles. The SMILES string of the molecule is OCc1nc(-c2ccc3nccnc3c2)no1. The van der Waals surface area contributed by atoms with Crippen molar-refractivity contribution in [1.29, 1.82) is 0 Å². The van der Waals surface area contributed by atoms with Gasteiger partial charge in [0.05, 0.1) is 11.0 Å². The van der Waals surface area contributed by atoms with Crippen molar-refractivity contribution in [3.8, 4) is 11.4 Å². The Morgan fingerprint density at radius 2 is 1.94 bits per heavy atom. The van der Waals surface area contributed by atoms with E-state index in [1.807, 2.05) is 18.2 Å². The van der Waals surface area contributed by atoms with Crippen molar-refractivity contribution in [2.24, 2.45) is 0 Å². The molecule has 0 saturated carbocycles. The average molecular weight is 228 g/mol. The second-order valence-electron chi connectivity index (χ2n) is 3.43. The maximum Gasteiger partial charge on any atom is 0.252 e. The van der Waals surface area contributed by atoms with Crippen LogP contribution in [0.4, 0.5) is 0 Å². The van der Waals surface area contributed by atoms with E-state index in [1.165, 1.54) is 0 Å². The lowest BCUT2D eigenvalue weighted by Gasteiger charge is -1.97. The molecule has 1 aromatic carbocycles. The highest BCUT2D eigenvalue weighted by Gasteiger charge is 2.08. The summed E-state index contributed by atoms with van der Waals surface area (Å²) in [7, 11) is 0. The van der Waals surface area contributed by atoms with E-state index < -0.39 is 0 Å². The summed E-state index contributed by atoms with van der Waals surface area (Å²) in [6.45, 7) is -0.264. The molecule has 84 valence electrons. The molecule has 0 saturated heterocycles. The first kappa shape index (κ1) is 9.86. The second-order valence-corrected chi connectivity index (χ2v) is 3.43. The van der Waals surface area contributed by atoms with Gasteiger partial charge in [-0.25, -0.2) is 0 Å². The van der Waals surface area contributed by atoms with Gasteiger partial charge >= 0.3 is 0 Å². The zero-order valence-electron chi connectivity index (χ0n) is 8.74. The maximum absolute atomic E-state index is 8.85. The van der Waals surface area contributed by atoms with Gasteiger partial charge in [0.25, 0.3) is 5.89 Å². The number of rotatable bonds is 2. The highest BCUT2D eigenvalue weighted by molar-refractivity contribution is 5.79. The molecule has 6 heteroatoms. The molecule has 6 nitrogen and oxygen atoms in total. The Balaban J connectivity index is 2.11. The number of nitrogens with zero attached hydrogens (tertiary/aromatic N) is 4. The van der Waals surface area contributed by atoms with E-state index in [0.29, 0.717) is 5.82 Å². The van der Waals surface area contributed by atoms with E-state index >= 15 is 0 Å². The van der Waals surface area contributed by atoms with Crippen molar-refractivity contribution in [1.82, 2.24) is 20.1 Å². The third-order valence-electron chi connectivity index (χ3n) is 2.33. The summed E-state index contributed by atoms with van der Waals surface area (Å²) in [6.07, 6.45) is 3.27. The van der Waals surface area contributed by atoms with Gasteiger partial charge in [-0.2, -0.15) is 4.98 Å². The van der Waals surface area contributed by atoms with Crippen LogP contribution >= 0.6 is 0 Å². The molecule has 17 heavy (non-hydrogen) atoms.